The maximum atomic E-state index is 10.8. The van der Waals surface area contributed by atoms with Crippen LogP contribution in [-0.2, 0) is 9.47 Å². The Labute approximate surface area is 118 Å². The van der Waals surface area contributed by atoms with Crippen molar-refractivity contribution in [1.29, 1.82) is 0 Å². The molecule has 0 atom stereocenters. The van der Waals surface area contributed by atoms with Crippen LogP contribution in [0.1, 0.15) is 19.3 Å². The molecule has 0 radical (unpaired) electrons. The zero-order valence-electron chi connectivity index (χ0n) is 11.4. The fraction of sp³-hybridized carbons (Fsp3) is 0.571. The quantitative estimate of drug-likeness (QED) is 0.472. The van der Waals surface area contributed by atoms with Crippen molar-refractivity contribution < 1.29 is 14.4 Å². The minimum Gasteiger partial charge on any atom is -0.381 e. The molecule has 1 aromatic rings. The number of hydrogen-bond donors (Lipinski definition) is 1. The van der Waals surface area contributed by atoms with E-state index in [2.05, 4.69) is 5.32 Å². The van der Waals surface area contributed by atoms with Gasteiger partial charge in [0.05, 0.1) is 11.0 Å². The van der Waals surface area contributed by atoms with Crippen LogP contribution in [0.2, 0.25) is 0 Å². The topological polar surface area (TPSA) is 73.6 Å². The Morgan fingerprint density at radius 1 is 1.35 bits per heavy atom. The number of rotatable bonds is 7. The summed E-state index contributed by atoms with van der Waals surface area (Å²) >= 11 is 0. The summed E-state index contributed by atoms with van der Waals surface area (Å²) in [5, 5.41) is 13.9. The van der Waals surface area contributed by atoms with E-state index in [1.165, 1.54) is 6.07 Å². The van der Waals surface area contributed by atoms with Crippen molar-refractivity contribution in [3.05, 3.63) is 34.4 Å². The average molecular weight is 280 g/mol. The van der Waals surface area contributed by atoms with Gasteiger partial charge in [-0.2, -0.15) is 0 Å². The van der Waals surface area contributed by atoms with E-state index < -0.39 is 0 Å². The Kier molecular flexibility index (Phi) is 5.76. The first-order valence-electron chi connectivity index (χ1n) is 6.94. The number of benzene rings is 1. The maximum absolute atomic E-state index is 10.8. The van der Waals surface area contributed by atoms with E-state index in [1.54, 1.807) is 18.2 Å². The standard InChI is InChI=1S/C14H20N2O4/c17-16(18)14-5-2-1-4-13(14)15-8-3-9-20-12-6-10-19-11-7-12/h1-2,4-5,12,15H,3,6-11H2. The first-order chi connectivity index (χ1) is 9.77. The minimum absolute atomic E-state index is 0.109. The van der Waals surface area contributed by atoms with E-state index >= 15 is 0 Å². The minimum atomic E-state index is -0.374. The fourth-order valence-electron chi connectivity index (χ4n) is 2.17. The molecule has 110 valence electrons. The number of nitrogens with one attached hydrogen (secondary N) is 1. The highest BCUT2D eigenvalue weighted by Gasteiger charge is 2.14. The Morgan fingerprint density at radius 2 is 2.10 bits per heavy atom. The van der Waals surface area contributed by atoms with E-state index in [4.69, 9.17) is 9.47 Å². The monoisotopic (exact) mass is 280 g/mol. The van der Waals surface area contributed by atoms with E-state index in [1.807, 2.05) is 0 Å². The summed E-state index contributed by atoms with van der Waals surface area (Å²) in [6.45, 7) is 2.88. The molecule has 6 heteroatoms. The normalized spacial score (nSPS) is 16.0. The molecule has 2 rings (SSSR count). The lowest BCUT2D eigenvalue weighted by Crippen LogP contribution is -2.24. The highest BCUT2D eigenvalue weighted by Crippen LogP contribution is 2.22. The molecule has 0 spiro atoms. The van der Waals surface area contributed by atoms with Crippen molar-refractivity contribution in [2.45, 2.75) is 25.4 Å². The fourth-order valence-corrected chi connectivity index (χ4v) is 2.17. The Balaban J connectivity index is 1.67. The molecule has 0 aliphatic carbocycles. The highest BCUT2D eigenvalue weighted by atomic mass is 16.6. The van der Waals surface area contributed by atoms with Gasteiger partial charge in [-0.25, -0.2) is 0 Å². The van der Waals surface area contributed by atoms with Gasteiger partial charge in [-0.05, 0) is 25.3 Å². The van der Waals surface area contributed by atoms with E-state index in [-0.39, 0.29) is 10.6 Å². The number of anilines is 1. The van der Waals surface area contributed by atoms with Gasteiger partial charge < -0.3 is 14.8 Å². The van der Waals surface area contributed by atoms with Crippen LogP contribution in [0.25, 0.3) is 0 Å². The SMILES string of the molecule is O=[N+]([O-])c1ccccc1NCCCOC1CCOCC1. The lowest BCUT2D eigenvalue weighted by molar-refractivity contribution is -0.384. The van der Waals surface area contributed by atoms with Gasteiger partial charge in [-0.1, -0.05) is 12.1 Å². The van der Waals surface area contributed by atoms with Gasteiger partial charge in [-0.3, -0.25) is 10.1 Å². The molecule has 6 nitrogen and oxygen atoms in total. The summed E-state index contributed by atoms with van der Waals surface area (Å²) in [4.78, 5) is 10.5. The third-order valence-electron chi connectivity index (χ3n) is 3.26. The molecule has 1 aliphatic rings. The Hall–Kier alpha value is -1.66. The van der Waals surface area contributed by atoms with Crippen molar-refractivity contribution in [2.75, 3.05) is 31.7 Å². The number of nitro groups is 1. The molecule has 0 aromatic heterocycles. The zero-order chi connectivity index (χ0) is 14.2. The van der Waals surface area contributed by atoms with Crippen molar-refractivity contribution in [1.82, 2.24) is 0 Å². The Bertz CT molecular complexity index is 433. The lowest BCUT2D eigenvalue weighted by atomic mass is 10.1. The van der Waals surface area contributed by atoms with Crippen molar-refractivity contribution in [3.8, 4) is 0 Å². The third-order valence-corrected chi connectivity index (χ3v) is 3.26. The second-order valence-electron chi connectivity index (χ2n) is 4.74. The molecule has 0 bridgehead atoms. The van der Waals surface area contributed by atoms with Crippen molar-refractivity contribution in [2.24, 2.45) is 0 Å². The van der Waals surface area contributed by atoms with Gasteiger partial charge >= 0.3 is 0 Å². The molecular weight excluding hydrogens is 260 g/mol. The summed E-state index contributed by atoms with van der Waals surface area (Å²) in [5.41, 5.74) is 0.668. The predicted octanol–water partition coefficient (Wildman–Crippen LogP) is 2.59. The number of para-hydroxylation sites is 2. The molecule has 1 fully saturated rings. The summed E-state index contributed by atoms with van der Waals surface area (Å²) in [5.74, 6) is 0. The Morgan fingerprint density at radius 3 is 2.85 bits per heavy atom. The second-order valence-corrected chi connectivity index (χ2v) is 4.74. The number of nitrogens with zero attached hydrogens (tertiary/aromatic N) is 1. The first kappa shape index (κ1) is 14.7. The molecule has 0 amide bonds. The van der Waals surface area contributed by atoms with Crippen molar-refractivity contribution >= 4 is 11.4 Å². The second kappa shape index (κ2) is 7.81. The third kappa shape index (κ3) is 4.47. The molecule has 0 saturated carbocycles. The summed E-state index contributed by atoms with van der Waals surface area (Å²) in [7, 11) is 0. The molecule has 20 heavy (non-hydrogen) atoms. The van der Waals surface area contributed by atoms with E-state index in [9.17, 15) is 10.1 Å². The molecule has 1 saturated heterocycles. The van der Waals surface area contributed by atoms with Crippen LogP contribution in [0.15, 0.2) is 24.3 Å². The van der Waals surface area contributed by atoms with Gasteiger partial charge in [0.2, 0.25) is 0 Å². The number of nitro benzene ring substituents is 1. The number of hydrogen-bond acceptors (Lipinski definition) is 5. The average Bonchev–Trinajstić information content (AvgIpc) is 2.48. The van der Waals surface area contributed by atoms with Gasteiger partial charge in [0, 0.05) is 32.4 Å². The van der Waals surface area contributed by atoms with Gasteiger partial charge in [-0.15, -0.1) is 0 Å². The van der Waals surface area contributed by atoms with Crippen LogP contribution in [0, 0.1) is 10.1 Å². The van der Waals surface area contributed by atoms with Crippen LogP contribution in [0.3, 0.4) is 0 Å². The predicted molar refractivity (Wildman–Crippen MR) is 76.0 cm³/mol. The van der Waals surface area contributed by atoms with E-state index in [0.717, 1.165) is 32.5 Å². The van der Waals surface area contributed by atoms with Gasteiger partial charge in [0.15, 0.2) is 0 Å². The number of ether oxygens (including phenoxy) is 2. The van der Waals surface area contributed by atoms with Crippen LogP contribution < -0.4 is 5.32 Å². The summed E-state index contributed by atoms with van der Waals surface area (Å²) in [6.07, 6.45) is 3.04. The molecule has 1 aromatic carbocycles. The van der Waals surface area contributed by atoms with Crippen molar-refractivity contribution in [3.63, 3.8) is 0 Å². The summed E-state index contributed by atoms with van der Waals surface area (Å²) < 4.78 is 11.0. The van der Waals surface area contributed by atoms with Gasteiger partial charge in [0.1, 0.15) is 5.69 Å². The molecule has 1 heterocycles. The first-order valence-corrected chi connectivity index (χ1v) is 6.94. The van der Waals surface area contributed by atoms with Crippen LogP contribution in [0.5, 0.6) is 0 Å². The lowest BCUT2D eigenvalue weighted by Gasteiger charge is -2.22. The largest absolute Gasteiger partial charge is 0.381 e. The van der Waals surface area contributed by atoms with Crippen LogP contribution in [0.4, 0.5) is 11.4 Å². The molecule has 1 aliphatic heterocycles. The van der Waals surface area contributed by atoms with E-state index in [0.29, 0.717) is 24.9 Å². The molecular formula is C14H20N2O4. The van der Waals surface area contributed by atoms with Crippen LogP contribution >= 0.6 is 0 Å². The summed E-state index contributed by atoms with van der Waals surface area (Å²) in [6, 6.07) is 6.67. The maximum Gasteiger partial charge on any atom is 0.292 e. The molecule has 1 N–H and O–H groups in total. The van der Waals surface area contributed by atoms with Crippen LogP contribution in [-0.4, -0.2) is 37.4 Å². The molecule has 0 unspecified atom stereocenters. The smallest absolute Gasteiger partial charge is 0.292 e. The van der Waals surface area contributed by atoms with Gasteiger partial charge in [0.25, 0.3) is 5.69 Å². The zero-order valence-corrected chi connectivity index (χ0v) is 11.4. The highest BCUT2D eigenvalue weighted by molar-refractivity contribution is 5.60.